The van der Waals surface area contributed by atoms with Gasteiger partial charge >= 0.3 is 5.97 Å². The van der Waals surface area contributed by atoms with Crippen molar-refractivity contribution in [2.45, 2.75) is 12.5 Å². The fraction of sp³-hybridized carbons (Fsp3) is 0.182. The van der Waals surface area contributed by atoms with Gasteiger partial charge in [0.05, 0.1) is 0 Å². The smallest absolute Gasteiger partial charge is 0.320 e. The van der Waals surface area contributed by atoms with Crippen LogP contribution in [0.1, 0.15) is 5.56 Å². The Morgan fingerprint density at radius 1 is 1.47 bits per heavy atom. The average Bonchev–Trinajstić information content (AvgIpc) is 2.20. The van der Waals surface area contributed by atoms with Crippen LogP contribution in [0.15, 0.2) is 36.9 Å². The first-order chi connectivity index (χ1) is 7.11. The molecular weight excluding hydrogens is 194 g/mol. The summed E-state index contributed by atoms with van der Waals surface area (Å²) in [5.74, 6) is 0.291. The Balaban J connectivity index is 0.000000583. The van der Waals surface area contributed by atoms with E-state index >= 15 is 0 Å². The van der Waals surface area contributed by atoms with E-state index in [9.17, 15) is 4.79 Å². The van der Waals surface area contributed by atoms with E-state index in [0.717, 1.165) is 5.56 Å². The van der Waals surface area contributed by atoms with E-state index in [-0.39, 0.29) is 0 Å². The number of carboxylic acid groups (broad SMARTS) is 1. The molecule has 0 aliphatic rings. The Morgan fingerprint density at radius 3 is 2.33 bits per heavy atom. The number of carboxylic acids is 1. The van der Waals surface area contributed by atoms with Crippen molar-refractivity contribution in [1.29, 1.82) is 0 Å². The SMILES string of the molecule is C=C=O.N[C@@H](Cc1ccccc1)C(=O)O. The summed E-state index contributed by atoms with van der Waals surface area (Å²) in [6.45, 7) is 2.68. The van der Waals surface area contributed by atoms with E-state index in [1.54, 1.807) is 0 Å². The van der Waals surface area contributed by atoms with Crippen LogP contribution < -0.4 is 5.73 Å². The first kappa shape index (κ1) is 13.1. The standard InChI is InChI=1S/C9H11NO2.C2H2O/c10-8(9(11)12)6-7-4-2-1-3-5-7;1-2-3/h1-5,8H,6,10H2,(H,11,12);1H2/t8-;/m0./s1. The molecule has 1 aromatic carbocycles. The lowest BCUT2D eigenvalue weighted by atomic mass is 10.1. The Bertz CT molecular complexity index is 329. The van der Waals surface area contributed by atoms with Crippen LogP contribution in [0.5, 0.6) is 0 Å². The fourth-order valence-electron chi connectivity index (χ4n) is 0.955. The molecule has 4 nitrogen and oxygen atoms in total. The van der Waals surface area contributed by atoms with E-state index in [2.05, 4.69) is 6.58 Å². The van der Waals surface area contributed by atoms with Gasteiger partial charge in [0.25, 0.3) is 0 Å². The predicted octanol–water partition coefficient (Wildman–Crippen LogP) is 0.645. The van der Waals surface area contributed by atoms with Crippen molar-refractivity contribution in [3.63, 3.8) is 0 Å². The highest BCUT2D eigenvalue weighted by atomic mass is 16.4. The molecule has 0 aromatic heterocycles. The molecule has 0 unspecified atom stereocenters. The predicted molar refractivity (Wildman–Crippen MR) is 57.1 cm³/mol. The summed E-state index contributed by atoms with van der Waals surface area (Å²) in [6, 6.07) is 8.54. The van der Waals surface area contributed by atoms with Crippen LogP contribution in [0.2, 0.25) is 0 Å². The number of nitrogens with two attached hydrogens (primary N) is 1. The van der Waals surface area contributed by atoms with Gasteiger partial charge < -0.3 is 10.8 Å². The van der Waals surface area contributed by atoms with Crippen LogP contribution in [0.3, 0.4) is 0 Å². The summed E-state index contributed by atoms with van der Waals surface area (Å²) in [7, 11) is 0. The maximum absolute atomic E-state index is 10.4. The summed E-state index contributed by atoms with van der Waals surface area (Å²) >= 11 is 0. The number of aliphatic carboxylic acids is 1. The topological polar surface area (TPSA) is 80.4 Å². The zero-order valence-electron chi connectivity index (χ0n) is 8.22. The highest BCUT2D eigenvalue weighted by Gasteiger charge is 2.10. The molecule has 1 atom stereocenters. The summed E-state index contributed by atoms with van der Waals surface area (Å²) in [6.07, 6.45) is 0.385. The molecular formula is C11H13NO3. The lowest BCUT2D eigenvalue weighted by Crippen LogP contribution is -2.32. The lowest BCUT2D eigenvalue weighted by molar-refractivity contribution is -0.138. The van der Waals surface area contributed by atoms with E-state index in [4.69, 9.17) is 15.6 Å². The van der Waals surface area contributed by atoms with Crippen molar-refractivity contribution in [3.05, 3.63) is 42.5 Å². The molecule has 0 bridgehead atoms. The summed E-state index contributed by atoms with van der Waals surface area (Å²) in [5, 5.41) is 8.52. The first-order valence-corrected chi connectivity index (χ1v) is 4.28. The third-order valence-corrected chi connectivity index (χ3v) is 1.62. The summed E-state index contributed by atoms with van der Waals surface area (Å²) < 4.78 is 0. The molecule has 0 spiro atoms. The Hall–Kier alpha value is -1.90. The van der Waals surface area contributed by atoms with Gasteiger partial charge in [-0.05, 0) is 18.6 Å². The van der Waals surface area contributed by atoms with E-state index in [1.165, 1.54) is 5.94 Å². The quantitative estimate of drug-likeness (QED) is 0.713. The molecule has 0 aliphatic carbocycles. The van der Waals surface area contributed by atoms with Crippen LogP contribution in [0.25, 0.3) is 0 Å². The van der Waals surface area contributed by atoms with Crippen molar-refractivity contribution in [1.82, 2.24) is 0 Å². The number of carbonyl (C=O) groups is 1. The number of rotatable bonds is 3. The maximum Gasteiger partial charge on any atom is 0.320 e. The first-order valence-electron chi connectivity index (χ1n) is 4.28. The lowest BCUT2D eigenvalue weighted by Gasteiger charge is -2.04. The van der Waals surface area contributed by atoms with Crippen molar-refractivity contribution in [3.8, 4) is 0 Å². The molecule has 3 N–H and O–H groups in total. The van der Waals surface area contributed by atoms with Gasteiger partial charge in [-0.3, -0.25) is 4.79 Å². The number of hydrogen-bond donors (Lipinski definition) is 2. The summed E-state index contributed by atoms with van der Waals surface area (Å²) in [4.78, 5) is 18.9. The second kappa shape index (κ2) is 7.50. The van der Waals surface area contributed by atoms with Gasteiger partial charge in [0.15, 0.2) is 0 Å². The van der Waals surface area contributed by atoms with Crippen LogP contribution in [0, 0.1) is 0 Å². The van der Waals surface area contributed by atoms with Gasteiger partial charge in [-0.2, -0.15) is 0 Å². The second-order valence-corrected chi connectivity index (χ2v) is 2.78. The molecule has 0 saturated carbocycles. The minimum absolute atomic E-state index is 0.385. The van der Waals surface area contributed by atoms with Gasteiger partial charge in [-0.25, -0.2) is 4.79 Å². The second-order valence-electron chi connectivity index (χ2n) is 2.78. The maximum atomic E-state index is 10.4. The van der Waals surface area contributed by atoms with Crippen LogP contribution in [-0.4, -0.2) is 23.1 Å². The molecule has 15 heavy (non-hydrogen) atoms. The Morgan fingerprint density at radius 2 is 1.93 bits per heavy atom. The molecule has 1 aromatic rings. The molecule has 0 saturated heterocycles. The fourth-order valence-corrected chi connectivity index (χ4v) is 0.955. The molecule has 80 valence electrons. The molecule has 1 rings (SSSR count). The zero-order valence-corrected chi connectivity index (χ0v) is 8.22. The highest BCUT2D eigenvalue weighted by Crippen LogP contribution is 2.01. The van der Waals surface area contributed by atoms with Crippen molar-refractivity contribution < 1.29 is 14.7 Å². The van der Waals surface area contributed by atoms with Crippen molar-refractivity contribution in [2.24, 2.45) is 5.73 Å². The molecule has 4 heteroatoms. The van der Waals surface area contributed by atoms with Crippen LogP contribution in [0.4, 0.5) is 0 Å². The Kier molecular flexibility index (Phi) is 6.55. The minimum atomic E-state index is -0.959. The van der Waals surface area contributed by atoms with E-state index in [0.29, 0.717) is 6.42 Å². The molecule has 0 fully saturated rings. The minimum Gasteiger partial charge on any atom is -0.480 e. The summed E-state index contributed by atoms with van der Waals surface area (Å²) in [5.41, 5.74) is 6.30. The van der Waals surface area contributed by atoms with E-state index in [1.807, 2.05) is 30.3 Å². The average molecular weight is 207 g/mol. The third kappa shape index (κ3) is 6.21. The van der Waals surface area contributed by atoms with Gasteiger partial charge in [-0.15, -0.1) is 0 Å². The van der Waals surface area contributed by atoms with Gasteiger partial charge in [0.2, 0.25) is 0 Å². The van der Waals surface area contributed by atoms with Crippen LogP contribution in [-0.2, 0) is 16.0 Å². The number of hydrogen-bond acceptors (Lipinski definition) is 3. The van der Waals surface area contributed by atoms with Gasteiger partial charge in [-0.1, -0.05) is 30.3 Å². The number of benzene rings is 1. The zero-order chi connectivity index (χ0) is 11.7. The van der Waals surface area contributed by atoms with E-state index < -0.39 is 12.0 Å². The molecule has 0 radical (unpaired) electrons. The van der Waals surface area contributed by atoms with Gasteiger partial charge in [0.1, 0.15) is 12.0 Å². The highest BCUT2D eigenvalue weighted by molar-refractivity contribution is 5.73. The normalized spacial score (nSPS) is 10.5. The molecule has 0 amide bonds. The van der Waals surface area contributed by atoms with Crippen LogP contribution >= 0.6 is 0 Å². The van der Waals surface area contributed by atoms with Crippen molar-refractivity contribution >= 4 is 11.9 Å². The van der Waals surface area contributed by atoms with Gasteiger partial charge in [0, 0.05) is 0 Å². The monoisotopic (exact) mass is 207 g/mol. The Labute approximate surface area is 88.0 Å². The van der Waals surface area contributed by atoms with Crippen molar-refractivity contribution in [2.75, 3.05) is 0 Å². The largest absolute Gasteiger partial charge is 0.480 e. The molecule has 0 heterocycles. The molecule has 0 aliphatic heterocycles. The third-order valence-electron chi connectivity index (χ3n) is 1.62. The number of carbonyl (C=O) groups excluding carboxylic acids is 1.